The summed E-state index contributed by atoms with van der Waals surface area (Å²) in [4.78, 5) is 33.5. The predicted octanol–water partition coefficient (Wildman–Crippen LogP) is 4.82. The van der Waals surface area contributed by atoms with E-state index in [0.717, 1.165) is 28.9 Å². The van der Waals surface area contributed by atoms with Crippen LogP contribution in [0, 0.1) is 6.92 Å². The Labute approximate surface area is 226 Å². The van der Waals surface area contributed by atoms with Crippen molar-refractivity contribution in [1.82, 2.24) is 25.8 Å². The Bertz CT molecular complexity index is 1330. The van der Waals surface area contributed by atoms with Crippen molar-refractivity contribution < 1.29 is 18.8 Å². The number of amides is 2. The number of carbonyl (C=O) groups excluding carboxylic acids is 2. The van der Waals surface area contributed by atoms with Crippen LogP contribution < -0.4 is 20.7 Å². The molecule has 0 aliphatic carbocycles. The highest BCUT2D eigenvalue weighted by atomic mass is 32.1. The van der Waals surface area contributed by atoms with Gasteiger partial charge in [0, 0.05) is 31.0 Å². The van der Waals surface area contributed by atoms with Crippen molar-refractivity contribution in [1.29, 1.82) is 0 Å². The van der Waals surface area contributed by atoms with E-state index in [1.54, 1.807) is 31.2 Å². The summed E-state index contributed by atoms with van der Waals surface area (Å²) in [6, 6.07) is 12.6. The van der Waals surface area contributed by atoms with Crippen LogP contribution >= 0.6 is 11.3 Å². The zero-order chi connectivity index (χ0) is 27.3. The molecule has 2 aromatic heterocycles. The molecule has 38 heavy (non-hydrogen) atoms. The lowest BCUT2D eigenvalue weighted by Gasteiger charge is -2.06. The molecule has 0 unspecified atom stereocenters. The number of aryl methyl sites for hydroxylation is 1. The van der Waals surface area contributed by atoms with Gasteiger partial charge in [-0.15, -0.1) is 0 Å². The Morgan fingerprint density at radius 1 is 1.05 bits per heavy atom. The van der Waals surface area contributed by atoms with Gasteiger partial charge in [-0.25, -0.2) is 4.98 Å². The first-order valence-corrected chi connectivity index (χ1v) is 13.4. The van der Waals surface area contributed by atoms with Crippen LogP contribution in [0.1, 0.15) is 49.4 Å². The van der Waals surface area contributed by atoms with Crippen molar-refractivity contribution >= 4 is 38.5 Å². The van der Waals surface area contributed by atoms with Crippen LogP contribution in [0.15, 0.2) is 47.0 Å². The number of carbonyl (C=O) groups is 2. The molecule has 0 fully saturated rings. The van der Waals surface area contributed by atoms with Gasteiger partial charge in [-0.3, -0.25) is 9.59 Å². The summed E-state index contributed by atoms with van der Waals surface area (Å²) >= 11 is 1.37. The molecule has 3 N–H and O–H groups in total. The molecule has 0 saturated carbocycles. The third-order valence-electron chi connectivity index (χ3n) is 5.14. The molecule has 0 radical (unpaired) electrons. The Kier molecular flexibility index (Phi) is 11.2. The van der Waals surface area contributed by atoms with Crippen molar-refractivity contribution in [3.63, 3.8) is 0 Å². The minimum Gasteiger partial charge on any atom is -0.492 e. The number of benzene rings is 2. The second-order valence-electron chi connectivity index (χ2n) is 8.35. The first kappa shape index (κ1) is 28.7. The molecule has 2 heterocycles. The van der Waals surface area contributed by atoms with Gasteiger partial charge in [0.05, 0.1) is 16.8 Å². The fraction of sp³-hybridized carbons (Fsp3) is 0.370. The van der Waals surface area contributed by atoms with Gasteiger partial charge in [-0.05, 0) is 50.7 Å². The first-order valence-electron chi connectivity index (χ1n) is 12.6. The third kappa shape index (κ3) is 8.35. The monoisotopic (exact) mass is 538 g/mol. The first-order chi connectivity index (χ1) is 18.4. The van der Waals surface area contributed by atoms with Gasteiger partial charge >= 0.3 is 0 Å². The largest absolute Gasteiger partial charge is 0.492 e. The lowest BCUT2D eigenvalue weighted by Crippen LogP contribution is -2.27. The van der Waals surface area contributed by atoms with Gasteiger partial charge in [0.25, 0.3) is 5.91 Å². The maximum absolute atomic E-state index is 12.5. The number of hydrogen-bond donors (Lipinski definition) is 3. The quantitative estimate of drug-likeness (QED) is 0.248. The molecule has 0 aliphatic heterocycles. The molecular formula is C27H34N6O4S. The van der Waals surface area contributed by atoms with Crippen molar-refractivity contribution in [2.75, 3.05) is 32.1 Å². The summed E-state index contributed by atoms with van der Waals surface area (Å²) in [6.07, 6.45) is 2.26. The van der Waals surface area contributed by atoms with Crippen molar-refractivity contribution in [3.8, 4) is 17.1 Å². The van der Waals surface area contributed by atoms with Gasteiger partial charge in [-0.1, -0.05) is 48.5 Å². The van der Waals surface area contributed by atoms with Crippen molar-refractivity contribution in [2.45, 2.75) is 40.0 Å². The Morgan fingerprint density at radius 3 is 2.55 bits per heavy atom. The van der Waals surface area contributed by atoms with E-state index < -0.39 is 0 Å². The number of rotatable bonds is 11. The van der Waals surface area contributed by atoms with E-state index in [9.17, 15) is 9.59 Å². The minimum atomic E-state index is -0.289. The van der Waals surface area contributed by atoms with Crippen LogP contribution in [-0.2, 0) is 4.79 Å². The van der Waals surface area contributed by atoms with Crippen LogP contribution in [0.5, 0.6) is 5.75 Å². The van der Waals surface area contributed by atoms with Crippen LogP contribution in [-0.4, -0.2) is 53.7 Å². The molecule has 202 valence electrons. The summed E-state index contributed by atoms with van der Waals surface area (Å²) in [5, 5.41) is 12.9. The van der Waals surface area contributed by atoms with E-state index in [-0.39, 0.29) is 24.8 Å². The van der Waals surface area contributed by atoms with E-state index >= 15 is 0 Å². The average molecular weight is 539 g/mol. The van der Waals surface area contributed by atoms with E-state index in [4.69, 9.17) is 9.26 Å². The predicted molar refractivity (Wildman–Crippen MR) is 150 cm³/mol. The highest BCUT2D eigenvalue weighted by Crippen LogP contribution is 2.33. The molecule has 2 aromatic carbocycles. The average Bonchev–Trinajstić information content (AvgIpc) is 3.54. The molecule has 4 rings (SSSR count). The van der Waals surface area contributed by atoms with E-state index in [2.05, 4.69) is 38.0 Å². The molecular weight excluding hydrogens is 504 g/mol. The number of hydrogen-bond acceptors (Lipinski definition) is 9. The fourth-order valence-corrected chi connectivity index (χ4v) is 4.29. The van der Waals surface area contributed by atoms with Crippen molar-refractivity contribution in [3.05, 3.63) is 53.9 Å². The Hall–Kier alpha value is -3.83. The highest BCUT2D eigenvalue weighted by molar-refractivity contribution is 7.22. The molecule has 0 bridgehead atoms. The summed E-state index contributed by atoms with van der Waals surface area (Å²) in [7, 11) is 1.96. The molecule has 4 aromatic rings. The van der Waals surface area contributed by atoms with Crippen LogP contribution in [0.4, 0.5) is 5.13 Å². The normalized spacial score (nSPS) is 10.5. The molecule has 0 spiro atoms. The van der Waals surface area contributed by atoms with E-state index in [1.807, 2.05) is 32.2 Å². The molecule has 2 amide bonds. The lowest BCUT2D eigenvalue weighted by molar-refractivity contribution is -0.116. The van der Waals surface area contributed by atoms with Gasteiger partial charge in [0.15, 0.2) is 5.13 Å². The lowest BCUT2D eigenvalue weighted by atomic mass is 10.1. The van der Waals surface area contributed by atoms with E-state index in [1.165, 1.54) is 17.8 Å². The summed E-state index contributed by atoms with van der Waals surface area (Å²) in [5.74, 6) is 1.10. The number of thiazole rings is 1. The second kappa shape index (κ2) is 14.8. The highest BCUT2D eigenvalue weighted by Gasteiger charge is 2.13. The van der Waals surface area contributed by atoms with Gasteiger partial charge in [-0.2, -0.15) is 4.98 Å². The molecule has 0 saturated heterocycles. The number of ether oxygens (including phenoxy) is 1. The Morgan fingerprint density at radius 2 is 1.87 bits per heavy atom. The summed E-state index contributed by atoms with van der Waals surface area (Å²) in [6.45, 7) is 7.84. The molecule has 0 atom stereocenters. The SMILES string of the molecule is CCCNC.CCCOc1cccc2nc(NC(=O)CCNC(=O)c3cccc(-c4noc(C)n4)c3)sc12. The smallest absolute Gasteiger partial charge is 0.251 e. The minimum absolute atomic E-state index is 0.116. The zero-order valence-electron chi connectivity index (χ0n) is 22.2. The van der Waals surface area contributed by atoms with Gasteiger partial charge in [0.1, 0.15) is 5.75 Å². The summed E-state index contributed by atoms with van der Waals surface area (Å²) in [5.41, 5.74) is 1.89. The van der Waals surface area contributed by atoms with Crippen LogP contribution in [0.2, 0.25) is 0 Å². The number of anilines is 1. The van der Waals surface area contributed by atoms with Crippen LogP contribution in [0.25, 0.3) is 21.6 Å². The topological polar surface area (TPSA) is 131 Å². The van der Waals surface area contributed by atoms with Crippen LogP contribution in [0.3, 0.4) is 0 Å². The maximum Gasteiger partial charge on any atom is 0.251 e. The van der Waals surface area contributed by atoms with Crippen molar-refractivity contribution in [2.24, 2.45) is 0 Å². The molecule has 10 nitrogen and oxygen atoms in total. The number of nitrogens with one attached hydrogen (secondary N) is 3. The maximum atomic E-state index is 12.5. The number of nitrogens with zero attached hydrogens (tertiary/aromatic N) is 3. The summed E-state index contributed by atoms with van der Waals surface area (Å²) < 4.78 is 11.6. The molecule has 11 heteroatoms. The number of fused-ring (bicyclic) bond motifs is 1. The molecule has 0 aliphatic rings. The number of aromatic nitrogens is 3. The Balaban J connectivity index is 0.000000732. The van der Waals surface area contributed by atoms with Gasteiger partial charge < -0.3 is 25.2 Å². The van der Waals surface area contributed by atoms with Gasteiger partial charge in [0.2, 0.25) is 17.6 Å². The third-order valence-corrected chi connectivity index (χ3v) is 6.14. The fourth-order valence-electron chi connectivity index (χ4n) is 3.34. The standard InChI is InChI=1S/C23H23N5O4S.C4H11N/c1-3-12-31-18-9-5-8-17-20(18)33-23(26-17)27-19(29)10-11-24-22(30)16-7-4-6-15(13-16)21-25-14(2)32-28-21;1-3-4-5-2/h4-9,13H,3,10-12H2,1-2H3,(H,24,30)(H,26,27,29);5H,3-4H2,1-2H3. The second-order valence-corrected chi connectivity index (χ2v) is 9.35. The van der Waals surface area contributed by atoms with E-state index in [0.29, 0.717) is 34.6 Å². The zero-order valence-corrected chi connectivity index (χ0v) is 23.0.